The lowest BCUT2D eigenvalue weighted by Gasteiger charge is -2.17. The molecule has 1 aliphatic heterocycles. The van der Waals surface area contributed by atoms with Crippen molar-refractivity contribution in [2.75, 3.05) is 13.6 Å². The number of benzene rings is 1. The summed E-state index contributed by atoms with van der Waals surface area (Å²) in [5.74, 6) is 0. The van der Waals surface area contributed by atoms with Gasteiger partial charge in [0.25, 0.3) is 0 Å². The summed E-state index contributed by atoms with van der Waals surface area (Å²) in [6, 6.07) is 5.33. The van der Waals surface area contributed by atoms with Crippen LogP contribution < -0.4 is 5.32 Å². The molecular formula is C13H18N2O2S. The number of nitrogens with one attached hydrogen (secondary N) is 1. The van der Waals surface area contributed by atoms with E-state index in [-0.39, 0.29) is 0 Å². The molecule has 0 unspecified atom stereocenters. The first-order valence-corrected chi connectivity index (χ1v) is 7.28. The molecule has 4 nitrogen and oxygen atoms in total. The second-order valence-corrected chi connectivity index (χ2v) is 6.80. The molecule has 0 saturated carbocycles. The van der Waals surface area contributed by atoms with Crippen molar-refractivity contribution in [3.8, 4) is 0 Å². The molecule has 1 aromatic carbocycles. The van der Waals surface area contributed by atoms with Crippen molar-refractivity contribution in [2.45, 2.75) is 24.9 Å². The molecule has 1 N–H and O–H groups in total. The van der Waals surface area contributed by atoms with Crippen molar-refractivity contribution in [2.24, 2.45) is 0 Å². The highest BCUT2D eigenvalue weighted by molar-refractivity contribution is 7.89. The number of hydrogen-bond donors (Lipinski definition) is 1. The van der Waals surface area contributed by atoms with Crippen molar-refractivity contribution in [1.82, 2.24) is 9.62 Å². The monoisotopic (exact) mass is 266 g/mol. The highest BCUT2D eigenvalue weighted by Gasteiger charge is 2.22. The Morgan fingerprint density at radius 2 is 2.06 bits per heavy atom. The minimum Gasteiger partial charge on any atom is -0.309 e. The summed E-state index contributed by atoms with van der Waals surface area (Å²) >= 11 is 0. The smallest absolute Gasteiger partial charge is 0.243 e. The van der Waals surface area contributed by atoms with E-state index in [4.69, 9.17) is 0 Å². The average molecular weight is 266 g/mol. The molecule has 1 heterocycles. The van der Waals surface area contributed by atoms with Gasteiger partial charge < -0.3 is 5.32 Å². The fourth-order valence-electron chi connectivity index (χ4n) is 2.08. The fourth-order valence-corrected chi connectivity index (χ4v) is 3.36. The van der Waals surface area contributed by atoms with Crippen molar-refractivity contribution >= 4 is 10.0 Å². The van der Waals surface area contributed by atoms with Crippen molar-refractivity contribution in [3.63, 3.8) is 0 Å². The summed E-state index contributed by atoms with van der Waals surface area (Å²) in [5, 5.41) is 3.21. The molecule has 0 radical (unpaired) electrons. The third-order valence-corrected chi connectivity index (χ3v) is 4.81. The predicted molar refractivity (Wildman–Crippen MR) is 71.6 cm³/mol. The first-order valence-electron chi connectivity index (χ1n) is 5.84. The van der Waals surface area contributed by atoms with Crippen LogP contribution in [0.1, 0.15) is 18.1 Å². The Morgan fingerprint density at radius 3 is 2.72 bits per heavy atom. The zero-order valence-corrected chi connectivity index (χ0v) is 11.5. The van der Waals surface area contributed by atoms with Crippen LogP contribution in [0.5, 0.6) is 0 Å². The minimum absolute atomic E-state index is 0.345. The molecule has 98 valence electrons. The van der Waals surface area contributed by atoms with Crippen LogP contribution in [0.2, 0.25) is 0 Å². The van der Waals surface area contributed by atoms with Gasteiger partial charge in [-0.2, -0.15) is 4.31 Å². The van der Waals surface area contributed by atoms with Crippen molar-refractivity contribution in [1.29, 1.82) is 0 Å². The van der Waals surface area contributed by atoms with Crippen LogP contribution in [0.25, 0.3) is 0 Å². The second-order valence-electron chi connectivity index (χ2n) is 4.75. The number of hydrogen-bond acceptors (Lipinski definition) is 3. The molecule has 1 aromatic rings. The van der Waals surface area contributed by atoms with Gasteiger partial charge in [0.05, 0.1) is 4.90 Å². The quantitative estimate of drug-likeness (QED) is 0.840. The summed E-state index contributed by atoms with van der Waals surface area (Å²) < 4.78 is 26.0. The predicted octanol–water partition coefficient (Wildman–Crippen LogP) is 1.49. The van der Waals surface area contributed by atoms with Gasteiger partial charge in [-0.15, -0.1) is 0 Å². The summed E-state index contributed by atoms with van der Waals surface area (Å²) in [7, 11) is -1.83. The van der Waals surface area contributed by atoms with Gasteiger partial charge in [0, 0.05) is 26.7 Å². The Labute approximate surface area is 108 Å². The van der Waals surface area contributed by atoms with Crippen LogP contribution in [-0.2, 0) is 23.1 Å². The Bertz CT molecular complexity index is 579. The van der Waals surface area contributed by atoms with Crippen LogP contribution in [0.15, 0.2) is 35.2 Å². The van der Waals surface area contributed by atoms with Crippen LogP contribution >= 0.6 is 0 Å². The maximum absolute atomic E-state index is 12.3. The molecule has 0 saturated heterocycles. The second kappa shape index (κ2) is 4.84. The van der Waals surface area contributed by atoms with Crippen LogP contribution in [0.4, 0.5) is 0 Å². The fraction of sp³-hybridized carbons (Fsp3) is 0.385. The highest BCUT2D eigenvalue weighted by atomic mass is 32.2. The minimum atomic E-state index is -3.41. The molecule has 2 rings (SSSR count). The van der Waals surface area contributed by atoms with E-state index in [1.807, 2.05) is 13.0 Å². The summed E-state index contributed by atoms with van der Waals surface area (Å²) in [6.45, 7) is 7.46. The van der Waals surface area contributed by atoms with E-state index in [2.05, 4.69) is 11.9 Å². The molecule has 0 spiro atoms. The normalized spacial score (nSPS) is 14.8. The van der Waals surface area contributed by atoms with Gasteiger partial charge in [0.2, 0.25) is 10.0 Å². The summed E-state index contributed by atoms with van der Waals surface area (Å²) in [4.78, 5) is 0.355. The standard InChI is InChI=1S/C13H18N2O2S/c1-10(2)9-15(3)18(16,17)13-5-4-11-7-14-8-12(11)6-13/h4-6,14H,1,7-9H2,2-3H3. The Kier molecular flexibility index (Phi) is 3.56. The van der Waals surface area contributed by atoms with Gasteiger partial charge in [-0.3, -0.25) is 0 Å². The zero-order chi connectivity index (χ0) is 13.3. The molecular weight excluding hydrogens is 248 g/mol. The van der Waals surface area contributed by atoms with Crippen LogP contribution in [0, 0.1) is 0 Å². The number of rotatable bonds is 4. The van der Waals surface area contributed by atoms with Gasteiger partial charge in [-0.05, 0) is 30.2 Å². The topological polar surface area (TPSA) is 49.4 Å². The molecule has 0 amide bonds. The SMILES string of the molecule is C=C(C)CN(C)S(=O)(=O)c1ccc2c(c1)CNC2. The number of nitrogens with zero attached hydrogens (tertiary/aromatic N) is 1. The number of sulfonamides is 1. The third-order valence-electron chi connectivity index (χ3n) is 3.01. The summed E-state index contributed by atoms with van der Waals surface area (Å²) in [5.41, 5.74) is 3.07. The molecule has 18 heavy (non-hydrogen) atoms. The van der Waals surface area contributed by atoms with E-state index in [1.165, 1.54) is 9.87 Å². The van der Waals surface area contributed by atoms with E-state index in [9.17, 15) is 8.42 Å². The lowest BCUT2D eigenvalue weighted by Crippen LogP contribution is -2.28. The van der Waals surface area contributed by atoms with E-state index in [0.29, 0.717) is 11.4 Å². The Morgan fingerprint density at radius 1 is 1.39 bits per heavy atom. The number of likely N-dealkylation sites (N-methyl/N-ethyl adjacent to an activating group) is 1. The third kappa shape index (κ3) is 2.48. The molecule has 5 heteroatoms. The number of fused-ring (bicyclic) bond motifs is 1. The maximum Gasteiger partial charge on any atom is 0.243 e. The Hall–Kier alpha value is -1.17. The molecule has 0 aromatic heterocycles. The highest BCUT2D eigenvalue weighted by Crippen LogP contribution is 2.22. The first-order chi connectivity index (χ1) is 8.41. The van der Waals surface area contributed by atoms with Crippen LogP contribution in [-0.4, -0.2) is 26.3 Å². The largest absolute Gasteiger partial charge is 0.309 e. The maximum atomic E-state index is 12.3. The van der Waals surface area contributed by atoms with Gasteiger partial charge in [0.15, 0.2) is 0 Å². The van der Waals surface area contributed by atoms with E-state index in [0.717, 1.165) is 24.2 Å². The first kappa shape index (κ1) is 13.3. The lowest BCUT2D eigenvalue weighted by molar-refractivity contribution is 0.493. The molecule has 0 aliphatic carbocycles. The van der Waals surface area contributed by atoms with Crippen molar-refractivity contribution < 1.29 is 8.42 Å². The lowest BCUT2D eigenvalue weighted by atomic mass is 10.1. The molecule has 0 fully saturated rings. The zero-order valence-electron chi connectivity index (χ0n) is 10.7. The Balaban J connectivity index is 2.33. The van der Waals surface area contributed by atoms with Gasteiger partial charge in [0.1, 0.15) is 0 Å². The van der Waals surface area contributed by atoms with Gasteiger partial charge >= 0.3 is 0 Å². The van der Waals surface area contributed by atoms with E-state index >= 15 is 0 Å². The van der Waals surface area contributed by atoms with Crippen molar-refractivity contribution in [3.05, 3.63) is 41.5 Å². The molecule has 0 atom stereocenters. The van der Waals surface area contributed by atoms with E-state index in [1.54, 1.807) is 19.2 Å². The van der Waals surface area contributed by atoms with Crippen LogP contribution in [0.3, 0.4) is 0 Å². The van der Waals surface area contributed by atoms with E-state index < -0.39 is 10.0 Å². The molecule has 0 bridgehead atoms. The average Bonchev–Trinajstić information content (AvgIpc) is 2.74. The summed E-state index contributed by atoms with van der Waals surface area (Å²) in [6.07, 6.45) is 0. The molecule has 1 aliphatic rings. The van der Waals surface area contributed by atoms with Gasteiger partial charge in [-0.1, -0.05) is 18.2 Å². The van der Waals surface area contributed by atoms with Gasteiger partial charge in [-0.25, -0.2) is 8.42 Å².